The topological polar surface area (TPSA) is 104 Å². The van der Waals surface area contributed by atoms with Gasteiger partial charge in [-0.3, -0.25) is 4.98 Å². The van der Waals surface area contributed by atoms with Gasteiger partial charge in [0.1, 0.15) is 12.3 Å². The third-order valence-electron chi connectivity index (χ3n) is 5.64. The highest BCUT2D eigenvalue weighted by molar-refractivity contribution is 6.70. The summed E-state index contributed by atoms with van der Waals surface area (Å²) < 4.78 is 5.47. The van der Waals surface area contributed by atoms with Crippen LogP contribution in [0.25, 0.3) is 11.3 Å². The number of methoxy groups -OCH3 is 1. The lowest BCUT2D eigenvalue weighted by Crippen LogP contribution is -2.37. The van der Waals surface area contributed by atoms with Gasteiger partial charge in [0.05, 0.1) is 34.3 Å². The molecule has 33 heavy (non-hydrogen) atoms. The quantitative estimate of drug-likeness (QED) is 0.422. The largest absolute Gasteiger partial charge is 0.410 e. The Morgan fingerprint density at radius 3 is 2.94 bits per heavy atom. The Hall–Kier alpha value is -3.48. The minimum atomic E-state index is -0.400. The number of hydrogen-bond donors (Lipinski definition) is 1. The molecule has 0 amide bonds. The van der Waals surface area contributed by atoms with Crippen LogP contribution in [0, 0.1) is 18.3 Å². The average molecular weight is 460 g/mol. The SMILES string of the molecule is COC[C@@]1(C)CN([B]C=O)c2c(C#N)cc(-c3ccnc(Nc4cc(Cl)cnc4C)n3)cc21. The number of pyridine rings is 1. The molecular formula is C23H21BClN6O2. The van der Waals surface area contributed by atoms with Crippen molar-refractivity contribution in [2.75, 3.05) is 30.4 Å². The Balaban J connectivity index is 1.78. The van der Waals surface area contributed by atoms with Gasteiger partial charge in [0.25, 0.3) is 0 Å². The third-order valence-corrected chi connectivity index (χ3v) is 5.85. The van der Waals surface area contributed by atoms with Crippen molar-refractivity contribution < 1.29 is 9.53 Å². The van der Waals surface area contributed by atoms with E-state index in [2.05, 4.69) is 33.3 Å². The van der Waals surface area contributed by atoms with Crippen molar-refractivity contribution in [1.29, 1.82) is 5.26 Å². The molecule has 0 fully saturated rings. The zero-order valence-electron chi connectivity index (χ0n) is 18.5. The van der Waals surface area contributed by atoms with Crippen molar-refractivity contribution >= 4 is 42.5 Å². The van der Waals surface area contributed by atoms with E-state index in [4.69, 9.17) is 16.3 Å². The van der Waals surface area contributed by atoms with Gasteiger partial charge < -0.3 is 19.7 Å². The summed E-state index contributed by atoms with van der Waals surface area (Å²) in [5, 5.41) is 13.6. The van der Waals surface area contributed by atoms with Crippen LogP contribution in [0.1, 0.15) is 23.7 Å². The van der Waals surface area contributed by atoms with Crippen LogP contribution in [0.3, 0.4) is 0 Å². The van der Waals surface area contributed by atoms with Gasteiger partial charge in [-0.05, 0) is 36.8 Å². The van der Waals surface area contributed by atoms with Gasteiger partial charge in [0.15, 0.2) is 0 Å². The number of nitrogens with zero attached hydrogens (tertiary/aromatic N) is 5. The second-order valence-electron chi connectivity index (χ2n) is 8.12. The second kappa shape index (κ2) is 9.18. The third kappa shape index (κ3) is 4.40. The van der Waals surface area contributed by atoms with E-state index in [-0.39, 0.29) is 0 Å². The molecule has 0 unspecified atom stereocenters. The molecule has 1 atom stereocenters. The fraction of sp³-hybridized carbons (Fsp3) is 0.261. The lowest BCUT2D eigenvalue weighted by Gasteiger charge is -2.25. The Bertz CT molecular complexity index is 1260. The van der Waals surface area contributed by atoms with E-state index < -0.39 is 5.41 Å². The van der Waals surface area contributed by atoms with Crippen LogP contribution in [-0.2, 0) is 14.9 Å². The Morgan fingerprint density at radius 1 is 1.39 bits per heavy atom. The summed E-state index contributed by atoms with van der Waals surface area (Å²) >= 11 is 6.07. The van der Waals surface area contributed by atoms with Gasteiger partial charge in [-0.1, -0.05) is 18.5 Å². The van der Waals surface area contributed by atoms with Crippen LogP contribution in [0.15, 0.2) is 36.7 Å². The molecule has 1 aliphatic rings. The number of aromatic nitrogens is 3. The lowest BCUT2D eigenvalue weighted by atomic mass is 9.83. The maximum absolute atomic E-state index is 11.2. The van der Waals surface area contributed by atoms with Crippen molar-refractivity contribution in [2.45, 2.75) is 19.3 Å². The summed E-state index contributed by atoms with van der Waals surface area (Å²) in [5.74, 6) is 0.384. The van der Waals surface area contributed by atoms with E-state index >= 15 is 0 Å². The molecule has 0 spiro atoms. The predicted molar refractivity (Wildman–Crippen MR) is 129 cm³/mol. The fourth-order valence-corrected chi connectivity index (χ4v) is 4.31. The second-order valence-corrected chi connectivity index (χ2v) is 8.55. The smallest absolute Gasteiger partial charge is 0.329 e. The number of ether oxygens (including phenoxy) is 1. The molecule has 1 aliphatic heterocycles. The van der Waals surface area contributed by atoms with E-state index in [0.717, 1.165) is 28.7 Å². The number of carbonyl (C=O) groups excluding carboxylic acids is 1. The molecule has 0 saturated heterocycles. The van der Waals surface area contributed by atoms with Crippen LogP contribution >= 0.6 is 11.6 Å². The normalized spacial score (nSPS) is 16.8. The van der Waals surface area contributed by atoms with Gasteiger partial charge in [-0.15, -0.1) is 0 Å². The molecule has 8 nitrogen and oxygen atoms in total. The van der Waals surface area contributed by atoms with Crippen LogP contribution in [0.4, 0.5) is 17.3 Å². The van der Waals surface area contributed by atoms with E-state index in [1.807, 2.05) is 17.8 Å². The summed E-state index contributed by atoms with van der Waals surface area (Å²) in [6.07, 6.45) is 3.96. The molecule has 3 heterocycles. The molecule has 165 valence electrons. The molecule has 2 aromatic heterocycles. The Labute approximate surface area is 197 Å². The monoisotopic (exact) mass is 459 g/mol. The van der Waals surface area contributed by atoms with Gasteiger partial charge in [0.2, 0.25) is 5.95 Å². The summed E-state index contributed by atoms with van der Waals surface area (Å²) in [7, 11) is 3.09. The Kier molecular flexibility index (Phi) is 6.32. The molecule has 1 N–H and O–H groups in total. The first kappa shape index (κ1) is 22.7. The van der Waals surface area contributed by atoms with Gasteiger partial charge in [0, 0.05) is 42.7 Å². The molecule has 0 bridgehead atoms. The van der Waals surface area contributed by atoms with E-state index in [1.165, 1.54) is 7.41 Å². The van der Waals surface area contributed by atoms with E-state index in [9.17, 15) is 10.1 Å². The van der Waals surface area contributed by atoms with Gasteiger partial charge in [-0.25, -0.2) is 9.97 Å². The number of benzene rings is 1. The summed E-state index contributed by atoms with van der Waals surface area (Å²) in [4.78, 5) is 26.2. The minimum absolute atomic E-state index is 0.384. The highest BCUT2D eigenvalue weighted by atomic mass is 35.5. The molecule has 1 radical (unpaired) electrons. The van der Waals surface area contributed by atoms with Crippen molar-refractivity contribution in [2.24, 2.45) is 0 Å². The summed E-state index contributed by atoms with van der Waals surface area (Å²) in [6, 6.07) is 9.61. The van der Waals surface area contributed by atoms with Gasteiger partial charge >= 0.3 is 7.41 Å². The average Bonchev–Trinajstić information content (AvgIpc) is 3.08. The summed E-state index contributed by atoms with van der Waals surface area (Å²) in [5.41, 5.74) is 4.61. The fourth-order valence-electron chi connectivity index (χ4n) is 4.15. The van der Waals surface area contributed by atoms with Crippen LogP contribution < -0.4 is 10.1 Å². The highest BCUT2D eigenvalue weighted by Gasteiger charge is 2.41. The maximum Gasteiger partial charge on any atom is 0.329 e. The number of nitrogens with one attached hydrogen (secondary N) is 1. The zero-order valence-corrected chi connectivity index (χ0v) is 19.2. The van der Waals surface area contributed by atoms with Crippen molar-refractivity contribution in [3.8, 4) is 17.3 Å². The number of fused-ring (bicyclic) bond motifs is 1. The first-order valence-electron chi connectivity index (χ1n) is 10.2. The zero-order chi connectivity index (χ0) is 23.6. The first-order chi connectivity index (χ1) is 15.9. The molecule has 0 saturated carbocycles. The number of aryl methyl sites for hydroxylation is 1. The van der Waals surface area contributed by atoms with Crippen LogP contribution in [-0.4, -0.2) is 48.8 Å². The number of nitriles is 1. The first-order valence-corrected chi connectivity index (χ1v) is 10.6. The number of halogens is 1. The highest BCUT2D eigenvalue weighted by Crippen LogP contribution is 2.44. The van der Waals surface area contributed by atoms with Crippen LogP contribution in [0.5, 0.6) is 0 Å². The number of carbonyl (C=O) groups is 1. The Morgan fingerprint density at radius 2 is 2.21 bits per heavy atom. The number of rotatable bonds is 7. The van der Waals surface area contributed by atoms with Crippen molar-refractivity contribution in [1.82, 2.24) is 15.0 Å². The molecule has 3 aromatic rings. The molecule has 1 aromatic carbocycles. The molecule has 10 heteroatoms. The standard InChI is InChI=1S/C23H21BClN6O2/c1-14-20(8-17(25)10-28-14)30-22-27-5-4-19(29-22)15-6-16(9-26)21-18(7-15)23(2,12-33-3)11-31(21)24-13-32/h4-8,10,13H,11-12H2,1-3H3,(H,27,29,30)/t23-/m1/s1. The maximum atomic E-state index is 11.2. The molecule has 4 rings (SSSR count). The molecular weight excluding hydrogens is 439 g/mol. The van der Waals surface area contributed by atoms with Gasteiger partial charge in [-0.2, -0.15) is 5.26 Å². The minimum Gasteiger partial charge on any atom is -0.410 e. The lowest BCUT2D eigenvalue weighted by molar-refractivity contribution is 0.146. The predicted octanol–water partition coefficient (Wildman–Crippen LogP) is 3.65. The van der Waals surface area contributed by atoms with E-state index in [0.29, 0.717) is 41.1 Å². The number of hydrogen-bond acceptors (Lipinski definition) is 8. The van der Waals surface area contributed by atoms with Crippen LogP contribution in [0.2, 0.25) is 5.02 Å². The van der Waals surface area contributed by atoms with Crippen molar-refractivity contribution in [3.63, 3.8) is 0 Å². The number of anilines is 3. The van der Waals surface area contributed by atoms with E-state index in [1.54, 1.807) is 37.7 Å². The molecule has 0 aliphatic carbocycles. The summed E-state index contributed by atoms with van der Waals surface area (Å²) in [6.45, 7) is 4.89. The van der Waals surface area contributed by atoms with Crippen molar-refractivity contribution in [3.05, 3.63) is 58.5 Å².